The largest absolute Gasteiger partial charge is 0.457 e. The van der Waals surface area contributed by atoms with Gasteiger partial charge in [-0.1, -0.05) is 6.58 Å². The first-order valence-electron chi connectivity index (χ1n) is 3.83. The quantitative estimate of drug-likeness (QED) is 0.395. The van der Waals surface area contributed by atoms with E-state index in [1.54, 1.807) is 13.8 Å². The Balaban J connectivity index is 3.97. The lowest BCUT2D eigenvalue weighted by Crippen LogP contribution is -2.15. The summed E-state index contributed by atoms with van der Waals surface area (Å²) in [4.78, 5) is 11.0. The van der Waals surface area contributed by atoms with E-state index in [4.69, 9.17) is 14.6 Å². The van der Waals surface area contributed by atoms with Gasteiger partial charge in [0.2, 0.25) is 5.76 Å². The van der Waals surface area contributed by atoms with Crippen LogP contribution in [0, 0.1) is 0 Å². The Hall–Kier alpha value is -1.29. The van der Waals surface area contributed by atoms with Crippen LogP contribution in [0.4, 0.5) is 0 Å². The van der Waals surface area contributed by atoms with Crippen molar-refractivity contribution in [3.63, 3.8) is 0 Å². The Morgan fingerprint density at radius 1 is 1.46 bits per heavy atom. The number of aliphatic hydroxyl groups excluding tert-OH is 1. The molecule has 0 bridgehead atoms. The van der Waals surface area contributed by atoms with E-state index in [9.17, 15) is 4.79 Å². The lowest BCUT2D eigenvalue weighted by molar-refractivity contribution is -0.146. The Kier molecular flexibility index (Phi) is 4.84. The monoisotopic (exact) mass is 186 g/mol. The Morgan fingerprint density at radius 2 is 2.00 bits per heavy atom. The van der Waals surface area contributed by atoms with Crippen molar-refractivity contribution in [2.75, 3.05) is 6.61 Å². The molecule has 4 nitrogen and oxygen atoms in total. The molecule has 0 amide bonds. The molecule has 74 valence electrons. The number of carbonyl (C=O) groups is 1. The van der Waals surface area contributed by atoms with Crippen LogP contribution in [0.3, 0.4) is 0 Å². The third-order valence-corrected chi connectivity index (χ3v) is 1.01. The normalized spacial score (nSPS) is 9.54. The summed E-state index contributed by atoms with van der Waals surface area (Å²) in [5, 5.41) is 8.53. The van der Waals surface area contributed by atoms with Crippen molar-refractivity contribution in [2.24, 2.45) is 0 Å². The van der Waals surface area contributed by atoms with E-state index in [0.29, 0.717) is 0 Å². The molecule has 0 aromatic heterocycles. The molecule has 4 heteroatoms. The van der Waals surface area contributed by atoms with Crippen molar-refractivity contribution in [3.05, 3.63) is 24.7 Å². The molecule has 0 saturated heterocycles. The fourth-order valence-corrected chi connectivity index (χ4v) is 0.528. The van der Waals surface area contributed by atoms with Crippen molar-refractivity contribution in [3.8, 4) is 0 Å². The number of hydrogen-bond donors (Lipinski definition) is 1. The molecule has 1 N–H and O–H groups in total. The molecule has 0 aliphatic heterocycles. The highest BCUT2D eigenvalue weighted by atomic mass is 16.6. The number of ether oxygens (including phenoxy) is 2. The van der Waals surface area contributed by atoms with E-state index < -0.39 is 5.97 Å². The van der Waals surface area contributed by atoms with E-state index in [1.807, 2.05) is 0 Å². The van der Waals surface area contributed by atoms with Gasteiger partial charge in [0.05, 0.1) is 6.10 Å². The summed E-state index contributed by atoms with van der Waals surface area (Å²) in [6, 6.07) is 0. The van der Waals surface area contributed by atoms with Crippen molar-refractivity contribution in [1.82, 2.24) is 0 Å². The zero-order valence-electron chi connectivity index (χ0n) is 7.87. The molecule has 0 rings (SSSR count). The fraction of sp³-hybridized carbons (Fsp3) is 0.444. The van der Waals surface area contributed by atoms with Crippen LogP contribution in [0.1, 0.15) is 13.8 Å². The van der Waals surface area contributed by atoms with Crippen LogP contribution in [-0.2, 0) is 14.3 Å². The Morgan fingerprint density at radius 3 is 2.38 bits per heavy atom. The van der Waals surface area contributed by atoms with Crippen LogP contribution in [0.2, 0.25) is 0 Å². The number of aliphatic hydroxyl groups is 1. The molecule has 13 heavy (non-hydrogen) atoms. The van der Waals surface area contributed by atoms with E-state index in [1.165, 1.54) is 0 Å². The highest BCUT2D eigenvalue weighted by Gasteiger charge is 2.12. The molecule has 0 radical (unpaired) electrons. The summed E-state index contributed by atoms with van der Waals surface area (Å²) < 4.78 is 9.52. The van der Waals surface area contributed by atoms with Gasteiger partial charge in [-0.05, 0) is 20.4 Å². The maximum absolute atomic E-state index is 11.0. The summed E-state index contributed by atoms with van der Waals surface area (Å²) in [5.41, 5.74) is 0. The lowest BCUT2D eigenvalue weighted by Gasteiger charge is -2.10. The van der Waals surface area contributed by atoms with Gasteiger partial charge in [-0.3, -0.25) is 0 Å². The van der Waals surface area contributed by atoms with Crippen molar-refractivity contribution in [2.45, 2.75) is 20.0 Å². The Labute approximate surface area is 77.5 Å². The van der Waals surface area contributed by atoms with Crippen LogP contribution in [-0.4, -0.2) is 23.8 Å². The predicted molar refractivity (Wildman–Crippen MR) is 47.7 cm³/mol. The van der Waals surface area contributed by atoms with Gasteiger partial charge in [0.15, 0.2) is 0 Å². The highest BCUT2D eigenvalue weighted by molar-refractivity contribution is 5.85. The SMILES string of the molecule is C=C(CO)OC(=C)C(=O)OC(C)C. The zero-order chi connectivity index (χ0) is 10.4. The molecule has 0 heterocycles. The molecule has 0 atom stereocenters. The Bertz CT molecular complexity index is 218. The molecule has 0 aliphatic carbocycles. The minimum atomic E-state index is -0.649. The van der Waals surface area contributed by atoms with E-state index in [2.05, 4.69) is 13.2 Å². The summed E-state index contributed by atoms with van der Waals surface area (Å²) in [7, 11) is 0. The van der Waals surface area contributed by atoms with Crippen LogP contribution in [0.5, 0.6) is 0 Å². The minimum absolute atomic E-state index is 0.0608. The number of hydrogen-bond acceptors (Lipinski definition) is 4. The van der Waals surface area contributed by atoms with Gasteiger partial charge in [-0.15, -0.1) is 0 Å². The van der Waals surface area contributed by atoms with Crippen LogP contribution < -0.4 is 0 Å². The second kappa shape index (κ2) is 5.37. The number of rotatable bonds is 5. The summed E-state index contributed by atoms with van der Waals surface area (Å²) in [6.07, 6.45) is -0.227. The molecular formula is C9H14O4. The maximum atomic E-state index is 11.0. The van der Waals surface area contributed by atoms with Gasteiger partial charge in [0.1, 0.15) is 12.4 Å². The molecular weight excluding hydrogens is 172 g/mol. The fourth-order valence-electron chi connectivity index (χ4n) is 0.528. The first-order valence-corrected chi connectivity index (χ1v) is 3.83. The average Bonchev–Trinajstić information content (AvgIpc) is 2.02. The summed E-state index contributed by atoms with van der Waals surface area (Å²) in [6.45, 7) is 9.74. The average molecular weight is 186 g/mol. The van der Waals surface area contributed by atoms with Gasteiger partial charge < -0.3 is 14.6 Å². The second-order valence-electron chi connectivity index (χ2n) is 2.68. The maximum Gasteiger partial charge on any atom is 0.373 e. The third kappa shape index (κ3) is 5.03. The lowest BCUT2D eigenvalue weighted by atomic mass is 10.4. The van der Waals surface area contributed by atoms with Gasteiger partial charge in [-0.2, -0.15) is 0 Å². The first-order chi connectivity index (χ1) is 5.97. The molecule has 0 unspecified atom stereocenters. The van der Waals surface area contributed by atoms with Crippen molar-refractivity contribution < 1.29 is 19.4 Å². The first kappa shape index (κ1) is 11.7. The van der Waals surface area contributed by atoms with Gasteiger partial charge in [-0.25, -0.2) is 4.79 Å². The smallest absolute Gasteiger partial charge is 0.373 e. The standard InChI is InChI=1S/C9H14O4/c1-6(2)12-9(11)8(4)13-7(3)5-10/h6,10H,3-5H2,1-2H3. The van der Waals surface area contributed by atoms with Crippen molar-refractivity contribution >= 4 is 5.97 Å². The molecule has 0 saturated carbocycles. The number of carbonyl (C=O) groups excluding carboxylic acids is 1. The summed E-state index contributed by atoms with van der Waals surface area (Å²) >= 11 is 0. The molecule has 0 aromatic rings. The van der Waals surface area contributed by atoms with Crippen LogP contribution in [0.25, 0.3) is 0 Å². The highest BCUT2D eigenvalue weighted by Crippen LogP contribution is 2.05. The molecule has 0 aliphatic rings. The third-order valence-electron chi connectivity index (χ3n) is 1.01. The van der Waals surface area contributed by atoms with Crippen molar-refractivity contribution in [1.29, 1.82) is 0 Å². The summed E-state index contributed by atoms with van der Waals surface area (Å²) in [5.74, 6) is -0.761. The minimum Gasteiger partial charge on any atom is -0.457 e. The second-order valence-corrected chi connectivity index (χ2v) is 2.68. The van der Waals surface area contributed by atoms with E-state index >= 15 is 0 Å². The van der Waals surface area contributed by atoms with Gasteiger partial charge >= 0.3 is 5.97 Å². The topological polar surface area (TPSA) is 55.8 Å². The molecule has 0 aromatic carbocycles. The number of esters is 1. The van der Waals surface area contributed by atoms with Gasteiger partial charge in [0.25, 0.3) is 0 Å². The van der Waals surface area contributed by atoms with Gasteiger partial charge in [0, 0.05) is 0 Å². The molecule has 0 spiro atoms. The van der Waals surface area contributed by atoms with Crippen LogP contribution >= 0.6 is 0 Å². The van der Waals surface area contributed by atoms with E-state index in [0.717, 1.165) is 0 Å². The predicted octanol–water partition coefficient (Wildman–Crippen LogP) is 0.974. The van der Waals surface area contributed by atoms with Crippen LogP contribution in [0.15, 0.2) is 24.7 Å². The zero-order valence-corrected chi connectivity index (χ0v) is 7.87. The van der Waals surface area contributed by atoms with E-state index in [-0.39, 0.29) is 24.2 Å². The molecule has 0 fully saturated rings.